The van der Waals surface area contributed by atoms with Gasteiger partial charge in [0.05, 0.1) is 12.8 Å². The van der Waals surface area contributed by atoms with Crippen LogP contribution in [0.5, 0.6) is 11.5 Å². The molecule has 0 bridgehead atoms. The second-order valence-corrected chi connectivity index (χ2v) is 12.7. The van der Waals surface area contributed by atoms with Crippen molar-refractivity contribution >= 4 is 28.8 Å². The summed E-state index contributed by atoms with van der Waals surface area (Å²) in [5, 5.41) is 11.4. The molecule has 2 N–H and O–H groups in total. The van der Waals surface area contributed by atoms with Crippen molar-refractivity contribution in [1.82, 2.24) is 19.8 Å². The molecule has 0 aliphatic carbocycles. The van der Waals surface area contributed by atoms with Crippen LogP contribution >= 0.6 is 11.6 Å². The first kappa shape index (κ1) is 32.4. The van der Waals surface area contributed by atoms with E-state index in [2.05, 4.69) is 48.2 Å². The van der Waals surface area contributed by atoms with Crippen LogP contribution in [0.15, 0.2) is 42.5 Å². The number of halogens is 1. The largest absolute Gasteiger partial charge is 0.496 e. The number of aromatic amines is 1. The van der Waals surface area contributed by atoms with Crippen molar-refractivity contribution in [2.75, 3.05) is 12.4 Å². The molecule has 232 valence electrons. The van der Waals surface area contributed by atoms with Crippen LogP contribution in [-0.2, 0) is 10.2 Å². The highest BCUT2D eigenvalue weighted by atomic mass is 35.5. The molecule has 1 amide bonds. The number of rotatable bonds is 15. The average molecular weight is 608 g/mol. The summed E-state index contributed by atoms with van der Waals surface area (Å²) in [5.74, 6) is 1.83. The number of nitrogens with zero attached hydrogens (tertiary/aromatic N) is 3. The van der Waals surface area contributed by atoms with Crippen LogP contribution in [0.3, 0.4) is 0 Å². The first-order valence-corrected chi connectivity index (χ1v) is 15.9. The molecule has 2 aromatic carbocycles. The maximum Gasteiger partial charge on any atom is 0.265 e. The fraction of sp³-hybridized carbons (Fsp3) is 0.500. The van der Waals surface area contributed by atoms with Crippen molar-refractivity contribution in [1.29, 1.82) is 0 Å². The van der Waals surface area contributed by atoms with E-state index in [-0.39, 0.29) is 11.3 Å². The molecule has 0 saturated heterocycles. The van der Waals surface area contributed by atoms with Crippen LogP contribution in [0.4, 0.5) is 5.69 Å². The molecule has 0 aliphatic heterocycles. The van der Waals surface area contributed by atoms with E-state index >= 15 is 0 Å². The lowest BCUT2D eigenvalue weighted by Gasteiger charge is -2.20. The van der Waals surface area contributed by atoms with Gasteiger partial charge in [-0.25, -0.2) is 4.98 Å². The molecule has 0 fully saturated rings. The lowest BCUT2D eigenvalue weighted by atomic mass is 9.92. The number of unbranched alkanes of at least 4 members (excludes halogenated alkanes) is 7. The van der Waals surface area contributed by atoms with E-state index in [9.17, 15) is 4.79 Å². The third kappa shape index (κ3) is 8.53. The topological polar surface area (TPSA) is 93.5 Å². The number of hydrogen-bond acceptors (Lipinski definition) is 5. The Balaban J connectivity index is 1.41. The highest BCUT2D eigenvalue weighted by Crippen LogP contribution is 2.32. The first-order chi connectivity index (χ1) is 20.6. The summed E-state index contributed by atoms with van der Waals surface area (Å²) in [6.45, 7) is 10.5. The van der Waals surface area contributed by atoms with Gasteiger partial charge in [-0.2, -0.15) is 4.63 Å². The lowest BCUT2D eigenvalue weighted by molar-refractivity contribution is -0.123. The summed E-state index contributed by atoms with van der Waals surface area (Å²) in [4.78, 5) is 18.1. The Morgan fingerprint density at radius 2 is 1.70 bits per heavy atom. The van der Waals surface area contributed by atoms with Crippen LogP contribution in [0.1, 0.15) is 96.7 Å². The van der Waals surface area contributed by atoms with Crippen LogP contribution in [0, 0.1) is 6.92 Å². The van der Waals surface area contributed by atoms with Gasteiger partial charge in [0, 0.05) is 16.7 Å². The SMILES string of the molecule is CCCCCCCCCCC(Oc1ccc(OC)c(C)c1)C(=O)Nc1ccc(-c2nc3c(Cl)c(C(C)(C)C)[nH]n3n2)cc1. The molecular formula is C34H46ClN5O3. The van der Waals surface area contributed by atoms with Gasteiger partial charge in [-0.1, -0.05) is 84.2 Å². The zero-order chi connectivity index (χ0) is 31.0. The number of aryl methyl sites for hydroxylation is 1. The van der Waals surface area contributed by atoms with Crippen molar-refractivity contribution in [2.45, 2.75) is 104 Å². The van der Waals surface area contributed by atoms with Gasteiger partial charge in [-0.05, 0) is 67.8 Å². The Morgan fingerprint density at radius 1 is 1.02 bits per heavy atom. The Kier molecular flexibility index (Phi) is 11.1. The number of methoxy groups -OCH3 is 1. The smallest absolute Gasteiger partial charge is 0.265 e. The van der Waals surface area contributed by atoms with E-state index in [0.717, 1.165) is 35.4 Å². The van der Waals surface area contributed by atoms with Gasteiger partial charge in [0.1, 0.15) is 16.5 Å². The third-order valence-electron chi connectivity index (χ3n) is 7.66. The van der Waals surface area contributed by atoms with Crippen LogP contribution in [0.2, 0.25) is 5.02 Å². The molecule has 2 aromatic heterocycles. The number of H-pyrrole nitrogens is 1. The normalized spacial score (nSPS) is 12.4. The minimum Gasteiger partial charge on any atom is -0.496 e. The second kappa shape index (κ2) is 14.8. The number of fused-ring (bicyclic) bond motifs is 1. The van der Waals surface area contributed by atoms with Gasteiger partial charge in [0.25, 0.3) is 5.91 Å². The number of carbonyl (C=O) groups excluding carboxylic acids is 1. The van der Waals surface area contributed by atoms with Gasteiger partial charge in [-0.15, -0.1) is 5.10 Å². The molecular weight excluding hydrogens is 562 g/mol. The van der Waals surface area contributed by atoms with Crippen LogP contribution in [0.25, 0.3) is 17.0 Å². The number of amides is 1. The van der Waals surface area contributed by atoms with E-state index in [1.807, 2.05) is 49.4 Å². The minimum atomic E-state index is -0.609. The van der Waals surface area contributed by atoms with Crippen molar-refractivity contribution in [3.8, 4) is 22.9 Å². The zero-order valence-electron chi connectivity index (χ0n) is 26.4. The first-order valence-electron chi connectivity index (χ1n) is 15.5. The van der Waals surface area contributed by atoms with Crippen molar-refractivity contribution in [3.63, 3.8) is 0 Å². The quantitative estimate of drug-likeness (QED) is 0.132. The van der Waals surface area contributed by atoms with Gasteiger partial charge in [0.2, 0.25) is 0 Å². The predicted molar refractivity (Wildman–Crippen MR) is 174 cm³/mol. The molecule has 9 heteroatoms. The Labute approximate surface area is 260 Å². The van der Waals surface area contributed by atoms with E-state index in [4.69, 9.17) is 21.1 Å². The minimum absolute atomic E-state index is 0.151. The maximum atomic E-state index is 13.4. The van der Waals surface area contributed by atoms with Gasteiger partial charge in [0.15, 0.2) is 17.6 Å². The monoisotopic (exact) mass is 607 g/mol. The predicted octanol–water partition coefficient (Wildman–Crippen LogP) is 8.91. The Bertz CT molecular complexity index is 1490. The Hall–Kier alpha value is -3.52. The molecule has 1 unspecified atom stereocenters. The number of ether oxygens (including phenoxy) is 2. The number of benzene rings is 2. The maximum absolute atomic E-state index is 13.4. The standard InChI is InChI=1S/C34H46ClN5O3/c1-7-8-9-10-11-12-13-14-15-28(43-26-20-21-27(42-6)23(2)22-26)33(41)36-25-18-16-24(17-19-25)31-37-32-29(35)30(34(3,4)5)38-40(32)39-31/h16-22,28,38H,7-15H2,1-6H3,(H,36,41). The van der Waals surface area contributed by atoms with Crippen molar-refractivity contribution < 1.29 is 14.3 Å². The Morgan fingerprint density at radius 3 is 2.30 bits per heavy atom. The summed E-state index contributed by atoms with van der Waals surface area (Å²) >= 11 is 6.60. The second-order valence-electron chi connectivity index (χ2n) is 12.3. The summed E-state index contributed by atoms with van der Waals surface area (Å²) in [7, 11) is 1.65. The summed E-state index contributed by atoms with van der Waals surface area (Å²) in [6.07, 6.45) is 9.62. The molecule has 1 atom stereocenters. The number of aromatic nitrogens is 4. The van der Waals surface area contributed by atoms with Gasteiger partial charge < -0.3 is 14.8 Å². The molecule has 8 nitrogen and oxygen atoms in total. The summed E-state index contributed by atoms with van der Waals surface area (Å²) in [5.41, 5.74) is 3.80. The number of anilines is 1. The molecule has 0 spiro atoms. The highest BCUT2D eigenvalue weighted by molar-refractivity contribution is 6.34. The molecule has 43 heavy (non-hydrogen) atoms. The highest BCUT2D eigenvalue weighted by Gasteiger charge is 2.25. The van der Waals surface area contributed by atoms with E-state index in [0.29, 0.717) is 34.4 Å². The van der Waals surface area contributed by atoms with E-state index < -0.39 is 6.10 Å². The third-order valence-corrected chi connectivity index (χ3v) is 8.02. The number of carbonyl (C=O) groups is 1. The van der Waals surface area contributed by atoms with E-state index in [1.54, 1.807) is 11.7 Å². The van der Waals surface area contributed by atoms with E-state index in [1.165, 1.54) is 38.5 Å². The zero-order valence-corrected chi connectivity index (χ0v) is 27.2. The molecule has 2 heterocycles. The molecule has 4 rings (SSSR count). The fourth-order valence-electron chi connectivity index (χ4n) is 5.14. The van der Waals surface area contributed by atoms with Crippen LogP contribution < -0.4 is 14.8 Å². The summed E-state index contributed by atoms with van der Waals surface area (Å²) in [6, 6.07) is 13.1. The van der Waals surface area contributed by atoms with Crippen LogP contribution in [-0.4, -0.2) is 38.9 Å². The molecule has 4 aromatic rings. The summed E-state index contributed by atoms with van der Waals surface area (Å²) < 4.78 is 13.2. The van der Waals surface area contributed by atoms with Gasteiger partial charge >= 0.3 is 0 Å². The van der Waals surface area contributed by atoms with Crippen molar-refractivity contribution in [3.05, 3.63) is 58.7 Å². The molecule has 0 aliphatic rings. The van der Waals surface area contributed by atoms with Gasteiger partial charge in [-0.3, -0.25) is 9.89 Å². The number of nitrogens with one attached hydrogen (secondary N) is 2. The lowest BCUT2D eigenvalue weighted by Crippen LogP contribution is -2.33. The number of hydrogen-bond donors (Lipinski definition) is 2. The average Bonchev–Trinajstić information content (AvgIpc) is 3.53. The molecule has 0 saturated carbocycles. The molecule has 0 radical (unpaired) electrons. The fourth-order valence-corrected chi connectivity index (χ4v) is 5.59. The van der Waals surface area contributed by atoms with Crippen molar-refractivity contribution in [2.24, 2.45) is 0 Å².